The van der Waals surface area contributed by atoms with Gasteiger partial charge in [0.1, 0.15) is 0 Å². The Kier molecular flexibility index (Phi) is 4.44. The van der Waals surface area contributed by atoms with Gasteiger partial charge in [-0.25, -0.2) is 0 Å². The van der Waals surface area contributed by atoms with Crippen LogP contribution in [0, 0.1) is 0 Å². The van der Waals surface area contributed by atoms with Gasteiger partial charge in [-0.3, -0.25) is 0 Å². The molecule has 3 aromatic rings. The van der Waals surface area contributed by atoms with Crippen molar-refractivity contribution in [1.82, 2.24) is 0 Å². The minimum Gasteiger partial charge on any atom is -0.0620 e. The summed E-state index contributed by atoms with van der Waals surface area (Å²) in [7, 11) is 0. The van der Waals surface area contributed by atoms with Crippen LogP contribution in [-0.2, 0) is 12.8 Å². The van der Waals surface area contributed by atoms with E-state index in [2.05, 4.69) is 88.4 Å². The summed E-state index contributed by atoms with van der Waals surface area (Å²) in [5, 5.41) is 0. The van der Waals surface area contributed by atoms with Crippen LogP contribution in [-0.4, -0.2) is 0 Å². The lowest BCUT2D eigenvalue weighted by molar-refractivity contribution is 0.848. The van der Waals surface area contributed by atoms with Gasteiger partial charge in [0.2, 0.25) is 0 Å². The molecule has 0 aromatic heterocycles. The number of benzene rings is 3. The fourth-order valence-electron chi connectivity index (χ4n) is 4.23. The fraction of sp³-hybridized carbons (Fsp3) is 0.308. The van der Waals surface area contributed by atoms with E-state index in [1.807, 2.05) is 0 Å². The Morgan fingerprint density at radius 3 is 2.15 bits per heavy atom. The van der Waals surface area contributed by atoms with Gasteiger partial charge in [-0.1, -0.05) is 88.4 Å². The van der Waals surface area contributed by atoms with E-state index in [-0.39, 0.29) is 0 Å². The quantitative estimate of drug-likeness (QED) is 0.372. The molecule has 0 saturated heterocycles. The van der Waals surface area contributed by atoms with E-state index in [1.54, 1.807) is 0 Å². The molecule has 0 amide bonds. The zero-order chi connectivity index (χ0) is 18.3. The first-order chi connectivity index (χ1) is 12.5. The predicted octanol–water partition coefficient (Wildman–Crippen LogP) is 7.10. The molecule has 0 heterocycles. The first-order valence-corrected chi connectivity index (χ1v) is 9.85. The van der Waals surface area contributed by atoms with E-state index in [9.17, 15) is 0 Å². The molecule has 0 atom stereocenters. The number of rotatable bonds is 4. The van der Waals surface area contributed by atoms with Crippen LogP contribution >= 0.6 is 0 Å². The average Bonchev–Trinajstić information content (AvgIpc) is 2.98. The SMILES string of the molecule is CC(C)c1ccc2c(c1)Cc1cc(Cc3ccccc3C(C)C)ccc1-2. The van der Waals surface area contributed by atoms with Gasteiger partial charge in [0, 0.05) is 0 Å². The van der Waals surface area contributed by atoms with Crippen molar-refractivity contribution in [3.8, 4) is 11.1 Å². The van der Waals surface area contributed by atoms with E-state index in [0.717, 1.165) is 12.8 Å². The molecule has 4 rings (SSSR count). The Hall–Kier alpha value is -2.34. The van der Waals surface area contributed by atoms with Crippen molar-refractivity contribution in [1.29, 1.82) is 0 Å². The van der Waals surface area contributed by atoms with Crippen LogP contribution in [0.2, 0.25) is 0 Å². The Labute approximate surface area is 157 Å². The highest BCUT2D eigenvalue weighted by Gasteiger charge is 2.19. The Bertz CT molecular complexity index is 944. The topological polar surface area (TPSA) is 0 Å². The molecule has 132 valence electrons. The zero-order valence-corrected chi connectivity index (χ0v) is 16.3. The normalized spacial score (nSPS) is 12.5. The summed E-state index contributed by atoms with van der Waals surface area (Å²) in [5.41, 5.74) is 11.6. The lowest BCUT2D eigenvalue weighted by Crippen LogP contribution is -1.98. The van der Waals surface area contributed by atoms with Crippen LogP contribution in [0.5, 0.6) is 0 Å². The zero-order valence-electron chi connectivity index (χ0n) is 16.3. The monoisotopic (exact) mass is 340 g/mol. The lowest BCUT2D eigenvalue weighted by atomic mass is 9.92. The van der Waals surface area contributed by atoms with Crippen LogP contribution < -0.4 is 0 Å². The number of hydrogen-bond acceptors (Lipinski definition) is 0. The minimum atomic E-state index is 0.569. The van der Waals surface area contributed by atoms with Crippen LogP contribution in [0.4, 0.5) is 0 Å². The second-order valence-corrected chi connectivity index (χ2v) is 8.27. The van der Waals surface area contributed by atoms with Crippen molar-refractivity contribution in [3.63, 3.8) is 0 Å². The third-order valence-corrected chi connectivity index (χ3v) is 5.71. The van der Waals surface area contributed by atoms with Gasteiger partial charge >= 0.3 is 0 Å². The van der Waals surface area contributed by atoms with Gasteiger partial charge in [-0.05, 0) is 69.2 Å². The maximum Gasteiger partial charge on any atom is -0.00132 e. The van der Waals surface area contributed by atoms with Gasteiger partial charge < -0.3 is 0 Å². The van der Waals surface area contributed by atoms with Crippen LogP contribution in [0.1, 0.15) is 72.9 Å². The Morgan fingerprint density at radius 1 is 0.731 bits per heavy atom. The van der Waals surface area contributed by atoms with Gasteiger partial charge in [0.05, 0.1) is 0 Å². The summed E-state index contributed by atoms with van der Waals surface area (Å²) < 4.78 is 0. The molecule has 0 fully saturated rings. The molecule has 0 saturated carbocycles. The molecule has 0 spiro atoms. The smallest absolute Gasteiger partial charge is 0.00132 e. The highest BCUT2D eigenvalue weighted by molar-refractivity contribution is 5.77. The summed E-state index contributed by atoms with van der Waals surface area (Å²) in [5.74, 6) is 1.16. The summed E-state index contributed by atoms with van der Waals surface area (Å²) in [4.78, 5) is 0. The third kappa shape index (κ3) is 3.09. The first kappa shape index (κ1) is 17.1. The predicted molar refractivity (Wildman–Crippen MR) is 112 cm³/mol. The van der Waals surface area contributed by atoms with Gasteiger partial charge in [-0.2, -0.15) is 0 Å². The lowest BCUT2D eigenvalue weighted by Gasteiger charge is -2.13. The summed E-state index contributed by atoms with van der Waals surface area (Å²) in [6.45, 7) is 9.11. The largest absolute Gasteiger partial charge is 0.0620 e. The highest BCUT2D eigenvalue weighted by Crippen LogP contribution is 2.38. The average molecular weight is 341 g/mol. The summed E-state index contributed by atoms with van der Waals surface area (Å²) in [6, 6.07) is 23.0. The number of hydrogen-bond donors (Lipinski definition) is 0. The van der Waals surface area contributed by atoms with Crippen molar-refractivity contribution < 1.29 is 0 Å². The Balaban J connectivity index is 1.64. The van der Waals surface area contributed by atoms with Gasteiger partial charge in [0.25, 0.3) is 0 Å². The van der Waals surface area contributed by atoms with E-state index in [0.29, 0.717) is 11.8 Å². The number of fused-ring (bicyclic) bond motifs is 3. The molecular formula is C26H28. The Morgan fingerprint density at radius 2 is 1.42 bits per heavy atom. The third-order valence-electron chi connectivity index (χ3n) is 5.71. The van der Waals surface area contributed by atoms with Gasteiger partial charge in [-0.15, -0.1) is 0 Å². The van der Waals surface area contributed by atoms with E-state index < -0.39 is 0 Å². The molecule has 0 aliphatic heterocycles. The maximum absolute atomic E-state index is 2.43. The standard InChI is InChI=1S/C26H28/c1-17(2)20-10-12-26-23(15-20)16-22-14-19(9-11-25(22)26)13-21-7-5-6-8-24(21)18(3)4/h5-12,14-15,17-18H,13,16H2,1-4H3. The van der Waals surface area contributed by atoms with Gasteiger partial charge in [0.15, 0.2) is 0 Å². The molecule has 26 heavy (non-hydrogen) atoms. The molecule has 0 nitrogen and oxygen atoms in total. The minimum absolute atomic E-state index is 0.569. The first-order valence-electron chi connectivity index (χ1n) is 9.85. The van der Waals surface area contributed by atoms with Crippen molar-refractivity contribution in [2.24, 2.45) is 0 Å². The molecule has 0 bridgehead atoms. The second kappa shape index (κ2) is 6.76. The van der Waals surface area contributed by atoms with E-state index >= 15 is 0 Å². The molecule has 1 aliphatic rings. The highest BCUT2D eigenvalue weighted by atomic mass is 14.2. The summed E-state index contributed by atoms with van der Waals surface area (Å²) in [6.07, 6.45) is 2.10. The second-order valence-electron chi connectivity index (χ2n) is 8.27. The maximum atomic E-state index is 2.43. The molecule has 0 radical (unpaired) electrons. The van der Waals surface area contributed by atoms with Crippen LogP contribution in [0.15, 0.2) is 60.7 Å². The van der Waals surface area contributed by atoms with Crippen LogP contribution in [0.3, 0.4) is 0 Å². The van der Waals surface area contributed by atoms with E-state index in [4.69, 9.17) is 0 Å². The van der Waals surface area contributed by atoms with Crippen LogP contribution in [0.25, 0.3) is 11.1 Å². The molecule has 1 aliphatic carbocycles. The molecule has 0 N–H and O–H groups in total. The van der Waals surface area contributed by atoms with E-state index in [1.165, 1.54) is 44.5 Å². The van der Waals surface area contributed by atoms with Crippen molar-refractivity contribution in [2.45, 2.75) is 52.4 Å². The molecule has 0 heteroatoms. The van der Waals surface area contributed by atoms with Crippen molar-refractivity contribution in [2.75, 3.05) is 0 Å². The van der Waals surface area contributed by atoms with Crippen molar-refractivity contribution >= 4 is 0 Å². The van der Waals surface area contributed by atoms with Crippen molar-refractivity contribution in [3.05, 3.63) is 94.0 Å². The molecular weight excluding hydrogens is 312 g/mol. The summed E-state index contributed by atoms with van der Waals surface area (Å²) >= 11 is 0. The molecule has 0 unspecified atom stereocenters. The molecule has 3 aromatic carbocycles. The fourth-order valence-corrected chi connectivity index (χ4v) is 4.23.